The maximum absolute atomic E-state index is 5.43. The van der Waals surface area contributed by atoms with Gasteiger partial charge in [0.1, 0.15) is 5.66 Å². The molecule has 2 N–H and O–H groups in total. The zero-order valence-corrected chi connectivity index (χ0v) is 4.13. The fraction of sp³-hybridized carbons (Fsp3) is 0.500. The summed E-state index contributed by atoms with van der Waals surface area (Å²) in [6, 6.07) is 0. The van der Waals surface area contributed by atoms with Gasteiger partial charge in [-0.2, -0.15) is 10.2 Å². The van der Waals surface area contributed by atoms with Gasteiger partial charge in [0.05, 0.1) is 0 Å². The second-order valence-corrected chi connectivity index (χ2v) is 1.76. The molecule has 0 bridgehead atoms. The van der Waals surface area contributed by atoms with Crippen LogP contribution < -0.4 is 5.73 Å². The van der Waals surface area contributed by atoms with Crippen molar-refractivity contribution in [3.8, 4) is 0 Å². The van der Waals surface area contributed by atoms with Crippen LogP contribution in [0.5, 0.6) is 0 Å². The number of nitrogens with zero attached hydrogens (tertiary/aromatic N) is 2. The van der Waals surface area contributed by atoms with Crippen molar-refractivity contribution in [1.82, 2.24) is 0 Å². The predicted molar refractivity (Wildman–Crippen MR) is 26.6 cm³/mol. The summed E-state index contributed by atoms with van der Waals surface area (Å²) in [7, 11) is 0. The van der Waals surface area contributed by atoms with Crippen molar-refractivity contribution in [1.29, 1.82) is 0 Å². The van der Waals surface area contributed by atoms with Crippen LogP contribution >= 0.6 is 0 Å². The Morgan fingerprint density at radius 2 is 2.43 bits per heavy atom. The highest BCUT2D eigenvalue weighted by Gasteiger charge is 2.14. The van der Waals surface area contributed by atoms with Crippen LogP contribution in [0, 0.1) is 0 Å². The lowest BCUT2D eigenvalue weighted by molar-refractivity contribution is 0.609. The fourth-order valence-electron chi connectivity index (χ4n) is 0.375. The molecule has 0 aliphatic carbocycles. The smallest absolute Gasteiger partial charge is 0.147 e. The molecule has 0 fully saturated rings. The van der Waals surface area contributed by atoms with Crippen LogP contribution in [0.3, 0.4) is 0 Å². The molecule has 0 saturated heterocycles. The SMILES string of the molecule is CC1(N)C=CN=N1. The molecule has 0 spiro atoms. The van der Waals surface area contributed by atoms with Crippen molar-refractivity contribution in [3.63, 3.8) is 0 Å². The topological polar surface area (TPSA) is 50.7 Å². The first-order valence-electron chi connectivity index (χ1n) is 2.09. The summed E-state index contributed by atoms with van der Waals surface area (Å²) in [5, 5.41) is 7.22. The fourth-order valence-corrected chi connectivity index (χ4v) is 0.375. The first kappa shape index (κ1) is 4.46. The van der Waals surface area contributed by atoms with Gasteiger partial charge in [-0.1, -0.05) is 0 Å². The van der Waals surface area contributed by atoms with Gasteiger partial charge in [0, 0.05) is 6.20 Å². The molecule has 1 aliphatic heterocycles. The van der Waals surface area contributed by atoms with E-state index in [0.717, 1.165) is 0 Å². The molecule has 0 aromatic heterocycles. The lowest BCUT2D eigenvalue weighted by Gasteiger charge is -2.04. The summed E-state index contributed by atoms with van der Waals surface area (Å²) < 4.78 is 0. The molecule has 0 radical (unpaired) electrons. The molecule has 0 amide bonds. The third kappa shape index (κ3) is 0.838. The van der Waals surface area contributed by atoms with Crippen LogP contribution in [0.4, 0.5) is 0 Å². The van der Waals surface area contributed by atoms with Gasteiger partial charge in [0.15, 0.2) is 0 Å². The van der Waals surface area contributed by atoms with Gasteiger partial charge in [-0.15, -0.1) is 0 Å². The van der Waals surface area contributed by atoms with Gasteiger partial charge in [0.2, 0.25) is 0 Å². The lowest BCUT2D eigenvalue weighted by atomic mass is 10.2. The first-order chi connectivity index (χ1) is 3.21. The number of nitrogens with two attached hydrogens (primary N) is 1. The van der Waals surface area contributed by atoms with E-state index in [0.29, 0.717) is 0 Å². The minimum absolute atomic E-state index is 0.528. The Balaban J connectivity index is 2.77. The Morgan fingerprint density at radius 3 is 2.57 bits per heavy atom. The van der Waals surface area contributed by atoms with Crippen molar-refractivity contribution in [3.05, 3.63) is 12.3 Å². The summed E-state index contributed by atoms with van der Waals surface area (Å²) in [4.78, 5) is 0. The Kier molecular flexibility index (Phi) is 0.722. The lowest BCUT2D eigenvalue weighted by Crippen LogP contribution is -2.28. The van der Waals surface area contributed by atoms with E-state index in [2.05, 4.69) is 10.2 Å². The molecule has 3 heteroatoms. The maximum Gasteiger partial charge on any atom is 0.147 e. The summed E-state index contributed by atoms with van der Waals surface area (Å²) in [6.07, 6.45) is 3.34. The minimum Gasteiger partial charge on any atom is -0.303 e. The van der Waals surface area contributed by atoms with Gasteiger partial charge in [-0.3, -0.25) is 0 Å². The molecule has 1 aliphatic rings. The van der Waals surface area contributed by atoms with Crippen LogP contribution in [0.1, 0.15) is 6.92 Å². The van der Waals surface area contributed by atoms with E-state index in [-0.39, 0.29) is 0 Å². The molecule has 1 unspecified atom stereocenters. The maximum atomic E-state index is 5.43. The molecule has 7 heavy (non-hydrogen) atoms. The monoisotopic (exact) mass is 97.1 g/mol. The summed E-state index contributed by atoms with van der Waals surface area (Å²) in [6.45, 7) is 1.79. The molecule has 0 aromatic rings. The second kappa shape index (κ2) is 1.13. The molecule has 38 valence electrons. The summed E-state index contributed by atoms with van der Waals surface area (Å²) >= 11 is 0. The van der Waals surface area contributed by atoms with E-state index in [1.165, 1.54) is 0 Å². The zero-order chi connectivity index (χ0) is 5.33. The molecule has 0 aromatic carbocycles. The number of rotatable bonds is 0. The number of hydrogen-bond acceptors (Lipinski definition) is 3. The zero-order valence-electron chi connectivity index (χ0n) is 4.13. The van der Waals surface area contributed by atoms with Crippen LogP contribution in [-0.4, -0.2) is 5.66 Å². The van der Waals surface area contributed by atoms with Crippen LogP contribution in [-0.2, 0) is 0 Å². The Labute approximate surface area is 41.9 Å². The van der Waals surface area contributed by atoms with Gasteiger partial charge in [-0.25, -0.2) is 0 Å². The highest BCUT2D eigenvalue weighted by Crippen LogP contribution is 2.09. The quantitative estimate of drug-likeness (QED) is 0.473. The van der Waals surface area contributed by atoms with Crippen molar-refractivity contribution >= 4 is 0 Å². The molecule has 1 atom stereocenters. The average Bonchev–Trinajstić information content (AvgIpc) is 1.84. The Hall–Kier alpha value is -0.700. The molecular weight excluding hydrogens is 90.1 g/mol. The second-order valence-electron chi connectivity index (χ2n) is 1.76. The summed E-state index contributed by atoms with van der Waals surface area (Å²) in [5.41, 5.74) is 4.90. The van der Waals surface area contributed by atoms with E-state index in [1.807, 2.05) is 0 Å². The van der Waals surface area contributed by atoms with Crippen LogP contribution in [0.2, 0.25) is 0 Å². The molecule has 3 nitrogen and oxygen atoms in total. The van der Waals surface area contributed by atoms with Gasteiger partial charge in [-0.05, 0) is 13.0 Å². The molecule has 1 rings (SSSR count). The highest BCUT2D eigenvalue weighted by atomic mass is 15.2. The molecule has 0 saturated carbocycles. The molecular formula is C4H7N3. The Bertz CT molecular complexity index is 109. The normalized spacial score (nSPS) is 37.4. The van der Waals surface area contributed by atoms with Gasteiger partial charge in [0.25, 0.3) is 0 Å². The van der Waals surface area contributed by atoms with Gasteiger partial charge < -0.3 is 5.73 Å². The van der Waals surface area contributed by atoms with Crippen molar-refractivity contribution in [2.45, 2.75) is 12.6 Å². The van der Waals surface area contributed by atoms with Crippen molar-refractivity contribution in [2.75, 3.05) is 0 Å². The predicted octanol–water partition coefficient (Wildman–Crippen LogP) is 0.641. The van der Waals surface area contributed by atoms with Crippen LogP contribution in [0.15, 0.2) is 22.5 Å². The van der Waals surface area contributed by atoms with Crippen molar-refractivity contribution in [2.24, 2.45) is 16.0 Å². The van der Waals surface area contributed by atoms with E-state index in [1.54, 1.807) is 19.2 Å². The number of hydrogen-bond donors (Lipinski definition) is 1. The average molecular weight is 97.1 g/mol. The Morgan fingerprint density at radius 1 is 1.71 bits per heavy atom. The van der Waals surface area contributed by atoms with E-state index in [4.69, 9.17) is 5.73 Å². The highest BCUT2D eigenvalue weighted by molar-refractivity contribution is 5.02. The molecule has 1 heterocycles. The van der Waals surface area contributed by atoms with E-state index < -0.39 is 5.66 Å². The van der Waals surface area contributed by atoms with E-state index in [9.17, 15) is 0 Å². The minimum atomic E-state index is -0.528. The first-order valence-corrected chi connectivity index (χ1v) is 2.09. The third-order valence-corrected chi connectivity index (χ3v) is 0.752. The third-order valence-electron chi connectivity index (χ3n) is 0.752. The van der Waals surface area contributed by atoms with E-state index >= 15 is 0 Å². The van der Waals surface area contributed by atoms with Gasteiger partial charge >= 0.3 is 0 Å². The van der Waals surface area contributed by atoms with Crippen molar-refractivity contribution < 1.29 is 0 Å². The standard InChI is InChI=1S/C4H7N3/c1-4(5)2-3-6-7-4/h2-3H,5H2,1H3. The number of azo groups is 1. The van der Waals surface area contributed by atoms with Crippen LogP contribution in [0.25, 0.3) is 0 Å². The largest absolute Gasteiger partial charge is 0.303 e. The summed E-state index contributed by atoms with van der Waals surface area (Å²) in [5.74, 6) is 0.